The van der Waals surface area contributed by atoms with Crippen molar-refractivity contribution in [3.63, 3.8) is 0 Å². The van der Waals surface area contributed by atoms with Gasteiger partial charge in [0.25, 0.3) is 5.91 Å². The second-order valence-corrected chi connectivity index (χ2v) is 7.49. The van der Waals surface area contributed by atoms with Crippen LogP contribution in [0.15, 0.2) is 30.3 Å². The van der Waals surface area contributed by atoms with Gasteiger partial charge in [0.15, 0.2) is 11.6 Å². The van der Waals surface area contributed by atoms with E-state index in [0.29, 0.717) is 28.6 Å². The topological polar surface area (TPSA) is 68.4 Å². The predicted octanol–water partition coefficient (Wildman–Crippen LogP) is 3.58. The fourth-order valence-corrected chi connectivity index (χ4v) is 4.39. The summed E-state index contributed by atoms with van der Waals surface area (Å²) in [4.78, 5) is 18.0. The Morgan fingerprint density at radius 2 is 1.86 bits per heavy atom. The lowest BCUT2D eigenvalue weighted by Crippen LogP contribution is -2.23. The zero-order chi connectivity index (χ0) is 19.4. The first-order valence-corrected chi connectivity index (χ1v) is 9.37. The molecule has 5 nitrogen and oxygen atoms in total. The Labute approximate surface area is 160 Å². The smallest absolute Gasteiger partial charge is 0.252 e. The van der Waals surface area contributed by atoms with E-state index in [4.69, 9.17) is 0 Å². The molecular formula is C21H19F2N3O2. The molecule has 144 valence electrons. The lowest BCUT2D eigenvalue weighted by molar-refractivity contribution is 0.0960. The molecule has 2 aromatic carbocycles. The molecule has 1 fully saturated rings. The minimum Gasteiger partial charge on any atom is -0.508 e. The number of aromatic amines is 1. The molecule has 7 heteroatoms. The summed E-state index contributed by atoms with van der Waals surface area (Å²) in [6.45, 7) is 2.53. The molecule has 2 aliphatic rings. The van der Waals surface area contributed by atoms with Crippen LogP contribution in [0.1, 0.15) is 46.1 Å². The predicted molar refractivity (Wildman–Crippen MR) is 100 cm³/mol. The third-order valence-electron chi connectivity index (χ3n) is 5.70. The van der Waals surface area contributed by atoms with Gasteiger partial charge in [-0.2, -0.15) is 0 Å². The van der Waals surface area contributed by atoms with Crippen molar-refractivity contribution in [3.05, 3.63) is 64.4 Å². The maximum atomic E-state index is 14.0. The van der Waals surface area contributed by atoms with Gasteiger partial charge in [0.2, 0.25) is 0 Å². The molecule has 0 aliphatic carbocycles. The number of nitrogens with zero attached hydrogens (tertiary/aromatic N) is 1. The zero-order valence-corrected chi connectivity index (χ0v) is 15.1. The second-order valence-electron chi connectivity index (χ2n) is 7.49. The number of likely N-dealkylation sites (tertiary alicyclic amines) is 1. The largest absolute Gasteiger partial charge is 0.508 e. The molecule has 0 bridgehead atoms. The van der Waals surface area contributed by atoms with Crippen molar-refractivity contribution in [2.45, 2.75) is 25.4 Å². The van der Waals surface area contributed by atoms with E-state index in [2.05, 4.69) is 15.2 Å². The highest BCUT2D eigenvalue weighted by molar-refractivity contribution is 6.01. The normalized spacial score (nSPS) is 19.4. The molecular weight excluding hydrogens is 364 g/mol. The molecule has 0 saturated carbocycles. The van der Waals surface area contributed by atoms with Crippen LogP contribution in [-0.2, 0) is 6.54 Å². The fraction of sp³-hybridized carbons (Fsp3) is 0.286. The van der Waals surface area contributed by atoms with E-state index in [1.807, 2.05) is 0 Å². The van der Waals surface area contributed by atoms with Crippen molar-refractivity contribution >= 4 is 16.8 Å². The Hall–Kier alpha value is -2.93. The second kappa shape index (κ2) is 6.31. The van der Waals surface area contributed by atoms with Gasteiger partial charge in [-0.3, -0.25) is 9.69 Å². The number of phenols is 1. The summed E-state index contributed by atoms with van der Waals surface area (Å²) in [7, 11) is 0. The average Bonchev–Trinajstić information content (AvgIpc) is 3.35. The molecule has 0 spiro atoms. The van der Waals surface area contributed by atoms with Gasteiger partial charge in [-0.1, -0.05) is 0 Å². The first kappa shape index (κ1) is 17.2. The number of aromatic nitrogens is 1. The van der Waals surface area contributed by atoms with Crippen LogP contribution in [0.25, 0.3) is 10.9 Å². The molecule has 3 heterocycles. The van der Waals surface area contributed by atoms with E-state index >= 15 is 0 Å². The minimum absolute atomic E-state index is 0.0541. The Morgan fingerprint density at radius 3 is 2.64 bits per heavy atom. The molecule has 0 radical (unpaired) electrons. The molecule has 3 aromatic rings. The summed E-state index contributed by atoms with van der Waals surface area (Å²) >= 11 is 0. The number of nitrogens with one attached hydrogen (secondary N) is 2. The van der Waals surface area contributed by atoms with Crippen LogP contribution in [-0.4, -0.2) is 34.0 Å². The summed E-state index contributed by atoms with van der Waals surface area (Å²) in [6, 6.07) is 6.39. The van der Waals surface area contributed by atoms with E-state index in [0.717, 1.165) is 43.3 Å². The van der Waals surface area contributed by atoms with Crippen LogP contribution in [0.5, 0.6) is 5.75 Å². The van der Waals surface area contributed by atoms with Crippen molar-refractivity contribution in [2.24, 2.45) is 0 Å². The molecule has 1 atom stereocenters. The highest BCUT2D eigenvalue weighted by Crippen LogP contribution is 2.39. The van der Waals surface area contributed by atoms with Gasteiger partial charge in [-0.05, 0) is 55.8 Å². The number of carbonyl (C=O) groups is 1. The number of benzene rings is 2. The van der Waals surface area contributed by atoms with Crippen molar-refractivity contribution in [3.8, 4) is 5.75 Å². The van der Waals surface area contributed by atoms with Gasteiger partial charge in [-0.15, -0.1) is 0 Å². The number of phenolic OH excluding ortho intramolecular Hbond substituents is 1. The number of H-pyrrole nitrogens is 1. The van der Waals surface area contributed by atoms with Crippen molar-refractivity contribution in [1.29, 1.82) is 0 Å². The SMILES string of the molecule is O=C1NC(c2c(CN3CCCC3)[nH]c3cc(F)c(F)cc23)c2cc(O)ccc21. The number of fused-ring (bicyclic) bond motifs is 2. The summed E-state index contributed by atoms with van der Waals surface area (Å²) < 4.78 is 27.9. The maximum absolute atomic E-state index is 14.0. The van der Waals surface area contributed by atoms with Gasteiger partial charge in [-0.25, -0.2) is 8.78 Å². The van der Waals surface area contributed by atoms with Crippen LogP contribution >= 0.6 is 0 Å². The Morgan fingerprint density at radius 1 is 1.11 bits per heavy atom. The monoisotopic (exact) mass is 383 g/mol. The summed E-state index contributed by atoms with van der Waals surface area (Å²) in [5.41, 5.74) is 3.15. The van der Waals surface area contributed by atoms with E-state index in [1.165, 1.54) is 12.1 Å². The minimum atomic E-state index is -0.930. The number of hydrogen-bond acceptors (Lipinski definition) is 3. The number of aromatic hydroxyl groups is 1. The van der Waals surface area contributed by atoms with Crippen molar-refractivity contribution < 1.29 is 18.7 Å². The van der Waals surface area contributed by atoms with Gasteiger partial charge in [0, 0.05) is 40.3 Å². The van der Waals surface area contributed by atoms with Gasteiger partial charge < -0.3 is 15.4 Å². The third-order valence-corrected chi connectivity index (χ3v) is 5.70. The van der Waals surface area contributed by atoms with Gasteiger partial charge in [0.1, 0.15) is 5.75 Å². The summed E-state index contributed by atoms with van der Waals surface area (Å²) in [6.07, 6.45) is 2.24. The highest BCUT2D eigenvalue weighted by atomic mass is 19.2. The van der Waals surface area contributed by atoms with Crippen LogP contribution < -0.4 is 5.32 Å². The summed E-state index contributed by atoms with van der Waals surface area (Å²) in [5, 5.41) is 13.4. The molecule has 2 aliphatic heterocycles. The van der Waals surface area contributed by atoms with Crippen LogP contribution in [0.3, 0.4) is 0 Å². The van der Waals surface area contributed by atoms with Crippen LogP contribution in [0.2, 0.25) is 0 Å². The van der Waals surface area contributed by atoms with Crippen LogP contribution in [0.4, 0.5) is 8.78 Å². The average molecular weight is 383 g/mol. The molecule has 1 saturated heterocycles. The van der Waals surface area contributed by atoms with Crippen molar-refractivity contribution in [1.82, 2.24) is 15.2 Å². The molecule has 3 N–H and O–H groups in total. The highest BCUT2D eigenvalue weighted by Gasteiger charge is 2.34. The van der Waals surface area contributed by atoms with E-state index in [9.17, 15) is 18.7 Å². The Kier molecular flexibility index (Phi) is 3.87. The van der Waals surface area contributed by atoms with E-state index in [1.54, 1.807) is 12.1 Å². The molecule has 1 unspecified atom stereocenters. The summed E-state index contributed by atoms with van der Waals surface area (Å²) in [5.74, 6) is -2.04. The van der Waals surface area contributed by atoms with E-state index in [-0.39, 0.29) is 11.7 Å². The molecule has 1 amide bonds. The Balaban J connectivity index is 1.70. The molecule has 5 rings (SSSR count). The Bertz CT molecular complexity index is 1100. The first-order chi connectivity index (χ1) is 13.5. The third kappa shape index (κ3) is 2.65. The first-order valence-electron chi connectivity index (χ1n) is 9.37. The molecule has 1 aromatic heterocycles. The quantitative estimate of drug-likeness (QED) is 0.648. The van der Waals surface area contributed by atoms with Crippen molar-refractivity contribution in [2.75, 3.05) is 13.1 Å². The zero-order valence-electron chi connectivity index (χ0n) is 15.1. The number of carbonyl (C=O) groups excluding carboxylic acids is 1. The van der Waals surface area contributed by atoms with Gasteiger partial charge >= 0.3 is 0 Å². The fourth-order valence-electron chi connectivity index (χ4n) is 4.39. The van der Waals surface area contributed by atoms with Crippen LogP contribution in [0, 0.1) is 11.6 Å². The standard InChI is InChI=1S/C21H19F2N3O2/c22-15-8-14-17(9-16(15)23)24-18(10-26-5-1-2-6-26)19(14)20-13-7-11(27)3-4-12(13)21(28)25-20/h3-4,7-9,20,24,27H,1-2,5-6,10H2,(H,25,28). The lowest BCUT2D eigenvalue weighted by Gasteiger charge is -2.18. The number of rotatable bonds is 3. The lowest BCUT2D eigenvalue weighted by atomic mass is 9.95. The number of hydrogen-bond donors (Lipinski definition) is 3. The molecule has 28 heavy (non-hydrogen) atoms. The number of amides is 1. The number of halogens is 2. The maximum Gasteiger partial charge on any atom is 0.252 e. The van der Waals surface area contributed by atoms with E-state index < -0.39 is 17.7 Å². The van der Waals surface area contributed by atoms with Gasteiger partial charge in [0.05, 0.1) is 6.04 Å².